The molecule has 59 heavy (non-hydrogen) atoms. The van der Waals surface area contributed by atoms with Crippen LogP contribution in [-0.4, -0.2) is 58.2 Å². The average molecular weight is 813 g/mol. The van der Waals surface area contributed by atoms with Crippen molar-refractivity contribution in [3.63, 3.8) is 0 Å². The minimum Gasteiger partial charge on any atom is -0.488 e. The Morgan fingerprint density at radius 2 is 1.68 bits per heavy atom. The summed E-state index contributed by atoms with van der Waals surface area (Å²) in [5.74, 6) is -0.0644. The molecule has 0 saturated carbocycles. The fourth-order valence-electron chi connectivity index (χ4n) is 8.25. The van der Waals surface area contributed by atoms with Gasteiger partial charge in [0.1, 0.15) is 30.8 Å². The van der Waals surface area contributed by atoms with Crippen molar-refractivity contribution >= 4 is 23.5 Å². The number of aliphatic hydroxyl groups is 1. The van der Waals surface area contributed by atoms with E-state index in [0.717, 1.165) is 60.4 Å². The van der Waals surface area contributed by atoms with E-state index >= 15 is 0 Å². The first-order valence-electron chi connectivity index (χ1n) is 19.9. The van der Waals surface area contributed by atoms with Gasteiger partial charge in [0.05, 0.1) is 22.6 Å². The second-order valence-electron chi connectivity index (χ2n) is 16.4. The summed E-state index contributed by atoms with van der Waals surface area (Å²) in [7, 11) is 0. The van der Waals surface area contributed by atoms with Crippen LogP contribution in [0.3, 0.4) is 0 Å². The number of hydrogen-bond acceptors (Lipinski definition) is 8. The van der Waals surface area contributed by atoms with Gasteiger partial charge in [0.2, 0.25) is 5.91 Å². The first-order valence-corrected chi connectivity index (χ1v) is 20.3. The Bertz CT molecular complexity index is 2410. The van der Waals surface area contributed by atoms with Crippen molar-refractivity contribution in [1.82, 2.24) is 15.2 Å². The van der Waals surface area contributed by atoms with Crippen LogP contribution >= 0.6 is 11.6 Å². The van der Waals surface area contributed by atoms with Crippen LogP contribution in [0.15, 0.2) is 91.3 Å². The van der Waals surface area contributed by atoms with Gasteiger partial charge in [0, 0.05) is 55.5 Å². The summed E-state index contributed by atoms with van der Waals surface area (Å²) < 4.78 is 12.6. The molecule has 1 spiro atoms. The molecule has 0 bridgehead atoms. The zero-order valence-electron chi connectivity index (χ0n) is 33.7. The van der Waals surface area contributed by atoms with E-state index in [-0.39, 0.29) is 37.4 Å². The van der Waals surface area contributed by atoms with Crippen LogP contribution in [-0.2, 0) is 35.8 Å². The van der Waals surface area contributed by atoms with Gasteiger partial charge in [-0.15, -0.1) is 0 Å². The van der Waals surface area contributed by atoms with Crippen molar-refractivity contribution in [3.05, 3.63) is 135 Å². The maximum atomic E-state index is 11.9. The van der Waals surface area contributed by atoms with Crippen LogP contribution in [0.2, 0.25) is 5.02 Å². The largest absolute Gasteiger partial charge is 0.488 e. The van der Waals surface area contributed by atoms with Crippen LogP contribution in [0.1, 0.15) is 65.1 Å². The molecule has 2 aliphatic heterocycles. The summed E-state index contributed by atoms with van der Waals surface area (Å²) in [6.45, 7) is 9.22. The number of amides is 1. The Kier molecular flexibility index (Phi) is 12.4. The van der Waals surface area contributed by atoms with E-state index in [1.165, 1.54) is 29.8 Å². The minimum atomic E-state index is -1.34. The quantitative estimate of drug-likeness (QED) is 0.0949. The maximum Gasteiger partial charge on any atom is 0.311 e. The van der Waals surface area contributed by atoms with Crippen molar-refractivity contribution in [3.8, 4) is 39.8 Å². The number of carbonyl (C=O) groups is 2. The van der Waals surface area contributed by atoms with Crippen molar-refractivity contribution < 1.29 is 29.3 Å². The fraction of sp³-hybridized carbons (Fsp3) is 0.333. The fourth-order valence-corrected chi connectivity index (χ4v) is 8.49. The SMILES string of the molecule is Cc1c(COc2cc(OCc3cncc(C#N)c3)c(CC[C@](C)(CO)C(=O)O)cc2Cl)cccc1-c1cccc(-c2ccc(CN3CCC4(CNC(=O)C4)C3)cc2)c1C. The number of benzene rings is 4. The van der Waals surface area contributed by atoms with E-state index in [0.29, 0.717) is 39.6 Å². The van der Waals surface area contributed by atoms with Crippen LogP contribution in [0.25, 0.3) is 22.3 Å². The van der Waals surface area contributed by atoms with Crippen molar-refractivity contribution in [2.24, 2.45) is 10.8 Å². The number of likely N-dealkylation sites (tertiary alicyclic amines) is 1. The molecule has 2 saturated heterocycles. The van der Waals surface area contributed by atoms with Gasteiger partial charge in [0.25, 0.3) is 0 Å². The van der Waals surface area contributed by atoms with Gasteiger partial charge in [-0.3, -0.25) is 19.5 Å². The number of nitrogens with zero attached hydrogens (tertiary/aromatic N) is 3. The molecule has 11 heteroatoms. The summed E-state index contributed by atoms with van der Waals surface area (Å²) in [6.07, 6.45) is 5.22. The third kappa shape index (κ3) is 9.29. The smallest absolute Gasteiger partial charge is 0.311 e. The maximum absolute atomic E-state index is 11.9. The first-order chi connectivity index (χ1) is 28.4. The highest BCUT2D eigenvalue weighted by atomic mass is 35.5. The summed E-state index contributed by atoms with van der Waals surface area (Å²) in [5.41, 5.74) is 9.59. The number of carboxylic acids is 1. The molecule has 10 nitrogen and oxygen atoms in total. The number of rotatable bonds is 15. The number of carboxylic acid groups (broad SMARTS) is 1. The molecule has 2 aliphatic rings. The number of aliphatic carboxylic acids is 1. The Balaban J connectivity index is 1.07. The Hall–Kier alpha value is -5.73. The number of halogens is 1. The Morgan fingerprint density at radius 3 is 2.39 bits per heavy atom. The molecule has 3 N–H and O–H groups in total. The standard InChI is InChI=1S/C48H49ClN4O6/c1-31-38(27-59-44-20-43(58-26-35-18-34(22-50)23-51-24-35)37(19-42(44)49)14-15-47(3,30-54)46(56)57)6-4-8-40(31)41-9-5-7-39(32(41)2)36-12-10-33(11-13-36)25-53-17-16-48(29-53)21-45(55)52-28-48/h4-13,18-20,23-24,54H,14-17,21,25-30H2,1-3H3,(H,52,55)(H,56,57)/t47-,48?/m1/s1. The number of hydrogen-bond donors (Lipinski definition) is 3. The predicted molar refractivity (Wildman–Crippen MR) is 227 cm³/mol. The van der Waals surface area contributed by atoms with Crippen molar-refractivity contribution in [2.75, 3.05) is 26.2 Å². The molecule has 7 rings (SSSR count). The molecule has 1 amide bonds. The lowest BCUT2D eigenvalue weighted by molar-refractivity contribution is -0.150. The Morgan fingerprint density at radius 1 is 0.949 bits per heavy atom. The van der Waals surface area contributed by atoms with Crippen LogP contribution in [0.4, 0.5) is 0 Å². The highest BCUT2D eigenvalue weighted by Crippen LogP contribution is 2.39. The minimum absolute atomic E-state index is 0.0935. The average Bonchev–Trinajstić information content (AvgIpc) is 3.82. The molecule has 0 radical (unpaired) electrons. The number of aryl methyl sites for hydroxylation is 1. The number of nitriles is 1. The van der Waals surface area contributed by atoms with Gasteiger partial charge in [-0.2, -0.15) is 5.26 Å². The molecule has 5 aromatic rings. The van der Waals surface area contributed by atoms with Gasteiger partial charge in [0.15, 0.2) is 0 Å². The van der Waals surface area contributed by atoms with Crippen LogP contribution in [0.5, 0.6) is 11.5 Å². The summed E-state index contributed by atoms with van der Waals surface area (Å²) >= 11 is 6.81. The van der Waals surface area contributed by atoms with E-state index in [9.17, 15) is 25.1 Å². The van der Waals surface area contributed by atoms with E-state index in [1.807, 2.05) is 12.1 Å². The van der Waals surface area contributed by atoms with Gasteiger partial charge < -0.3 is 25.0 Å². The lowest BCUT2D eigenvalue weighted by atomic mass is 9.85. The summed E-state index contributed by atoms with van der Waals surface area (Å²) in [6, 6.07) is 28.7. The monoisotopic (exact) mass is 812 g/mol. The molecule has 1 aromatic heterocycles. The molecular weight excluding hydrogens is 764 g/mol. The molecule has 4 aromatic carbocycles. The normalized spacial score (nSPS) is 17.4. The third-order valence-electron chi connectivity index (χ3n) is 12.1. The van der Waals surface area contributed by atoms with Gasteiger partial charge >= 0.3 is 5.97 Å². The molecule has 0 aliphatic carbocycles. The number of nitrogens with one attached hydrogen (secondary N) is 1. The lowest BCUT2D eigenvalue weighted by Gasteiger charge is -2.23. The highest BCUT2D eigenvalue weighted by molar-refractivity contribution is 6.32. The number of aromatic nitrogens is 1. The van der Waals surface area contributed by atoms with Crippen LogP contribution < -0.4 is 14.8 Å². The first kappa shape index (κ1) is 41.4. The van der Waals surface area contributed by atoms with E-state index in [1.54, 1.807) is 24.4 Å². The van der Waals surface area contributed by atoms with Crippen molar-refractivity contribution in [2.45, 2.75) is 66.2 Å². The summed E-state index contributed by atoms with van der Waals surface area (Å²) in [5, 5.41) is 32.3. The number of aliphatic hydroxyl groups excluding tert-OH is 1. The number of carbonyl (C=O) groups excluding carboxylic acids is 1. The zero-order valence-corrected chi connectivity index (χ0v) is 34.4. The third-order valence-corrected chi connectivity index (χ3v) is 12.4. The van der Waals surface area contributed by atoms with Gasteiger partial charge in [-0.1, -0.05) is 72.3 Å². The highest BCUT2D eigenvalue weighted by Gasteiger charge is 2.43. The summed E-state index contributed by atoms with van der Waals surface area (Å²) in [4.78, 5) is 30.4. The van der Waals surface area contributed by atoms with E-state index in [4.69, 9.17) is 21.1 Å². The molecule has 2 atom stereocenters. The predicted octanol–water partition coefficient (Wildman–Crippen LogP) is 8.44. The van der Waals surface area contributed by atoms with Gasteiger partial charge in [-0.05, 0) is 109 Å². The molecular formula is C48H49ClN4O6. The second kappa shape index (κ2) is 17.6. The zero-order chi connectivity index (χ0) is 41.7. The van der Waals surface area contributed by atoms with Crippen LogP contribution in [0, 0.1) is 36.0 Å². The molecule has 304 valence electrons. The van der Waals surface area contributed by atoms with E-state index < -0.39 is 18.0 Å². The second-order valence-corrected chi connectivity index (χ2v) is 16.8. The Labute approximate surface area is 350 Å². The molecule has 3 heterocycles. The van der Waals surface area contributed by atoms with E-state index in [2.05, 4.69) is 83.6 Å². The van der Waals surface area contributed by atoms with Crippen molar-refractivity contribution in [1.29, 1.82) is 5.26 Å². The van der Waals surface area contributed by atoms with Gasteiger partial charge in [-0.25, -0.2) is 0 Å². The molecule has 1 unspecified atom stereocenters. The molecule has 2 fully saturated rings. The lowest BCUT2D eigenvalue weighted by Crippen LogP contribution is -2.32. The number of ether oxygens (including phenoxy) is 2. The number of pyridine rings is 1. The topological polar surface area (TPSA) is 145 Å².